The maximum atomic E-state index is 11.8. The van der Waals surface area contributed by atoms with Crippen LogP contribution in [0.3, 0.4) is 0 Å². The molecule has 0 bridgehead atoms. The van der Waals surface area contributed by atoms with Crippen molar-refractivity contribution in [2.24, 2.45) is 0 Å². The maximum absolute atomic E-state index is 11.8. The van der Waals surface area contributed by atoms with Crippen LogP contribution in [0.5, 0.6) is 0 Å². The molecule has 110 valence electrons. The lowest BCUT2D eigenvalue weighted by molar-refractivity contribution is -0.123. The first-order valence-electron chi connectivity index (χ1n) is 6.31. The number of alkyl carbamates (subject to hydrolysis) is 1. The summed E-state index contributed by atoms with van der Waals surface area (Å²) >= 11 is 0. The molecule has 2 aromatic rings. The standard InChI is InChI=1S/C14H14N2O5/c1-2-20-14(19)16-12(17)8-21-13(18)11-7-9-5-3-4-6-10(9)15-11/h3-7,15H,2,8H2,1H3,(H,16,17,19). The summed E-state index contributed by atoms with van der Waals surface area (Å²) in [6.07, 6.45) is -0.871. The molecule has 1 aromatic heterocycles. The number of aromatic nitrogens is 1. The number of ether oxygens (including phenoxy) is 2. The third-order valence-electron chi connectivity index (χ3n) is 2.60. The number of carbonyl (C=O) groups excluding carboxylic acids is 3. The van der Waals surface area contributed by atoms with E-state index in [2.05, 4.69) is 9.72 Å². The van der Waals surface area contributed by atoms with Gasteiger partial charge in [-0.3, -0.25) is 10.1 Å². The molecule has 0 unspecified atom stereocenters. The summed E-state index contributed by atoms with van der Waals surface area (Å²) in [4.78, 5) is 37.0. The van der Waals surface area contributed by atoms with Crippen molar-refractivity contribution in [3.05, 3.63) is 36.0 Å². The summed E-state index contributed by atoms with van der Waals surface area (Å²) in [5.41, 5.74) is 1.03. The summed E-state index contributed by atoms with van der Waals surface area (Å²) in [6, 6.07) is 8.97. The molecule has 0 spiro atoms. The van der Waals surface area contributed by atoms with Crippen LogP contribution in [-0.4, -0.2) is 36.2 Å². The molecule has 0 saturated heterocycles. The number of aromatic amines is 1. The van der Waals surface area contributed by atoms with E-state index >= 15 is 0 Å². The van der Waals surface area contributed by atoms with Crippen molar-refractivity contribution < 1.29 is 23.9 Å². The molecule has 1 heterocycles. The van der Waals surface area contributed by atoms with Crippen LogP contribution in [0.15, 0.2) is 30.3 Å². The Labute approximate surface area is 120 Å². The van der Waals surface area contributed by atoms with Gasteiger partial charge < -0.3 is 14.5 Å². The third kappa shape index (κ3) is 3.82. The molecule has 0 aliphatic rings. The Morgan fingerprint density at radius 2 is 1.95 bits per heavy atom. The minimum absolute atomic E-state index is 0.147. The first kappa shape index (κ1) is 14.6. The molecule has 1 aromatic carbocycles. The normalized spacial score (nSPS) is 10.1. The summed E-state index contributed by atoms with van der Waals surface area (Å²) in [6.45, 7) is 1.20. The fourth-order valence-corrected chi connectivity index (χ4v) is 1.71. The highest BCUT2D eigenvalue weighted by atomic mass is 16.6. The lowest BCUT2D eigenvalue weighted by Gasteiger charge is -2.04. The van der Waals surface area contributed by atoms with Crippen molar-refractivity contribution >= 4 is 28.9 Å². The quantitative estimate of drug-likeness (QED) is 0.833. The Kier molecular flexibility index (Phi) is 4.55. The summed E-state index contributed by atoms with van der Waals surface area (Å²) in [5.74, 6) is -1.43. The highest BCUT2D eigenvalue weighted by Crippen LogP contribution is 2.15. The minimum Gasteiger partial charge on any atom is -0.451 e. The number of benzene rings is 1. The Bertz CT molecular complexity index is 644. The third-order valence-corrected chi connectivity index (χ3v) is 2.60. The smallest absolute Gasteiger partial charge is 0.413 e. The largest absolute Gasteiger partial charge is 0.451 e. The van der Waals surface area contributed by atoms with Crippen LogP contribution in [-0.2, 0) is 14.3 Å². The Morgan fingerprint density at radius 1 is 1.19 bits per heavy atom. The van der Waals surface area contributed by atoms with Gasteiger partial charge in [-0.2, -0.15) is 0 Å². The predicted molar refractivity (Wildman–Crippen MR) is 73.7 cm³/mol. The number of H-pyrrole nitrogens is 1. The van der Waals surface area contributed by atoms with Crippen LogP contribution < -0.4 is 5.32 Å². The van der Waals surface area contributed by atoms with Crippen LogP contribution >= 0.6 is 0 Å². The van der Waals surface area contributed by atoms with Crippen molar-refractivity contribution in [2.45, 2.75) is 6.92 Å². The highest BCUT2D eigenvalue weighted by molar-refractivity contribution is 5.97. The van der Waals surface area contributed by atoms with Crippen molar-refractivity contribution in [2.75, 3.05) is 13.2 Å². The number of hydrogen-bond acceptors (Lipinski definition) is 5. The first-order chi connectivity index (χ1) is 10.1. The molecular weight excluding hydrogens is 276 g/mol. The Balaban J connectivity index is 1.89. The topological polar surface area (TPSA) is 97.5 Å². The highest BCUT2D eigenvalue weighted by Gasteiger charge is 2.14. The van der Waals surface area contributed by atoms with E-state index in [1.807, 2.05) is 29.6 Å². The second-order valence-corrected chi connectivity index (χ2v) is 4.12. The van der Waals surface area contributed by atoms with Gasteiger partial charge in [0, 0.05) is 10.9 Å². The van der Waals surface area contributed by atoms with Gasteiger partial charge in [-0.05, 0) is 19.1 Å². The van der Waals surface area contributed by atoms with Gasteiger partial charge in [-0.25, -0.2) is 9.59 Å². The van der Waals surface area contributed by atoms with Gasteiger partial charge in [-0.1, -0.05) is 18.2 Å². The van der Waals surface area contributed by atoms with Crippen LogP contribution in [0.1, 0.15) is 17.4 Å². The van der Waals surface area contributed by atoms with Gasteiger partial charge in [0.1, 0.15) is 5.69 Å². The number of rotatable bonds is 4. The van der Waals surface area contributed by atoms with Gasteiger partial charge in [0.2, 0.25) is 0 Å². The number of esters is 1. The number of para-hydroxylation sites is 1. The monoisotopic (exact) mass is 290 g/mol. The van der Waals surface area contributed by atoms with E-state index in [4.69, 9.17) is 4.74 Å². The molecule has 7 heteroatoms. The van der Waals surface area contributed by atoms with Crippen molar-refractivity contribution in [1.29, 1.82) is 0 Å². The molecule has 21 heavy (non-hydrogen) atoms. The molecule has 0 aliphatic carbocycles. The van der Waals surface area contributed by atoms with Crippen molar-refractivity contribution in [3.63, 3.8) is 0 Å². The van der Waals surface area contributed by atoms with Gasteiger partial charge in [-0.15, -0.1) is 0 Å². The maximum Gasteiger partial charge on any atom is 0.413 e. The van der Waals surface area contributed by atoms with Gasteiger partial charge in [0.25, 0.3) is 5.91 Å². The lowest BCUT2D eigenvalue weighted by Crippen LogP contribution is -2.34. The SMILES string of the molecule is CCOC(=O)NC(=O)COC(=O)c1cc2ccccc2[nH]1. The molecule has 2 N–H and O–H groups in total. The molecule has 2 rings (SSSR count). The molecule has 0 aliphatic heterocycles. The van der Waals surface area contributed by atoms with Crippen molar-refractivity contribution in [1.82, 2.24) is 10.3 Å². The molecular formula is C14H14N2O5. The van der Waals surface area contributed by atoms with Gasteiger partial charge in [0.05, 0.1) is 6.61 Å². The molecule has 0 saturated carbocycles. The van der Waals surface area contributed by atoms with E-state index in [1.54, 1.807) is 13.0 Å². The summed E-state index contributed by atoms with van der Waals surface area (Å²) in [7, 11) is 0. The minimum atomic E-state index is -0.871. The molecule has 7 nitrogen and oxygen atoms in total. The predicted octanol–water partition coefficient (Wildman–Crippen LogP) is 1.60. The molecule has 0 fully saturated rings. The fourth-order valence-electron chi connectivity index (χ4n) is 1.71. The zero-order valence-electron chi connectivity index (χ0n) is 11.3. The number of imide groups is 1. The van der Waals surface area contributed by atoms with E-state index in [9.17, 15) is 14.4 Å². The molecule has 2 amide bonds. The zero-order chi connectivity index (χ0) is 15.2. The zero-order valence-corrected chi connectivity index (χ0v) is 11.3. The Morgan fingerprint density at radius 3 is 2.67 bits per heavy atom. The van der Waals surface area contributed by atoms with Crippen LogP contribution in [0.4, 0.5) is 4.79 Å². The van der Waals surface area contributed by atoms with E-state index in [1.165, 1.54) is 0 Å². The van der Waals surface area contributed by atoms with Crippen LogP contribution in [0.2, 0.25) is 0 Å². The Hall–Kier alpha value is -2.83. The number of nitrogens with one attached hydrogen (secondary N) is 2. The van der Waals surface area contributed by atoms with Crippen molar-refractivity contribution in [3.8, 4) is 0 Å². The van der Waals surface area contributed by atoms with E-state index in [0.29, 0.717) is 0 Å². The number of hydrogen-bond donors (Lipinski definition) is 2. The van der Waals surface area contributed by atoms with E-state index < -0.39 is 24.6 Å². The lowest BCUT2D eigenvalue weighted by atomic mass is 10.2. The first-order valence-corrected chi connectivity index (χ1v) is 6.31. The molecule has 0 radical (unpaired) electrons. The summed E-state index contributed by atoms with van der Waals surface area (Å²) < 4.78 is 9.33. The van der Waals surface area contributed by atoms with E-state index in [-0.39, 0.29) is 12.3 Å². The average molecular weight is 290 g/mol. The van der Waals surface area contributed by atoms with Gasteiger partial charge >= 0.3 is 12.1 Å². The van der Waals surface area contributed by atoms with Crippen LogP contribution in [0.25, 0.3) is 10.9 Å². The average Bonchev–Trinajstić information content (AvgIpc) is 2.89. The fraction of sp³-hybridized carbons (Fsp3) is 0.214. The van der Waals surface area contributed by atoms with Gasteiger partial charge in [0.15, 0.2) is 6.61 Å². The number of carbonyl (C=O) groups is 3. The number of amides is 2. The second kappa shape index (κ2) is 6.56. The number of fused-ring (bicyclic) bond motifs is 1. The second-order valence-electron chi connectivity index (χ2n) is 4.12. The van der Waals surface area contributed by atoms with E-state index in [0.717, 1.165) is 10.9 Å². The molecule has 0 atom stereocenters. The summed E-state index contributed by atoms with van der Waals surface area (Å²) in [5, 5.41) is 2.79. The van der Waals surface area contributed by atoms with Crippen LogP contribution in [0, 0.1) is 0 Å².